The largest absolute Gasteiger partial charge is 0.481 e. The zero-order valence-corrected chi connectivity index (χ0v) is 15.4. The molecule has 0 saturated carbocycles. The van der Waals surface area contributed by atoms with E-state index in [1.165, 1.54) is 18.1 Å². The molecule has 1 heterocycles. The third kappa shape index (κ3) is 4.38. The molecule has 138 valence electrons. The van der Waals surface area contributed by atoms with Crippen LogP contribution in [0.5, 0.6) is 0 Å². The summed E-state index contributed by atoms with van der Waals surface area (Å²) in [6.07, 6.45) is 1.70. The highest BCUT2D eigenvalue weighted by atomic mass is 32.2. The van der Waals surface area contributed by atoms with Gasteiger partial charge in [0.1, 0.15) is 0 Å². The highest BCUT2D eigenvalue weighted by Gasteiger charge is 2.37. The molecular formula is C17H23NO6S. The molecule has 1 amide bonds. The number of ether oxygens (including phenoxy) is 1. The van der Waals surface area contributed by atoms with Crippen LogP contribution in [0.2, 0.25) is 0 Å². The second-order valence-corrected chi connectivity index (χ2v) is 8.23. The first-order valence-corrected chi connectivity index (χ1v) is 9.95. The first-order chi connectivity index (χ1) is 11.7. The fraction of sp³-hybridized carbons (Fsp3) is 0.529. The number of aliphatic carboxylic acids is 1. The van der Waals surface area contributed by atoms with Crippen molar-refractivity contribution in [2.75, 3.05) is 19.9 Å². The first kappa shape index (κ1) is 19.4. The Bertz CT molecular complexity index is 773. The summed E-state index contributed by atoms with van der Waals surface area (Å²) in [5, 5.41) is 9.06. The lowest BCUT2D eigenvalue weighted by Gasteiger charge is -2.23. The van der Waals surface area contributed by atoms with Crippen molar-refractivity contribution in [2.24, 2.45) is 0 Å². The van der Waals surface area contributed by atoms with Crippen LogP contribution in [-0.4, -0.2) is 62.4 Å². The van der Waals surface area contributed by atoms with E-state index >= 15 is 0 Å². The number of carboxylic acid groups (broad SMARTS) is 1. The second-order valence-electron chi connectivity index (χ2n) is 6.25. The molecule has 1 aliphatic heterocycles. The lowest BCUT2D eigenvalue weighted by molar-refractivity contribution is -0.138. The number of aryl methyl sites for hydroxylation is 1. The summed E-state index contributed by atoms with van der Waals surface area (Å²) in [5.74, 6) is -1.36. The van der Waals surface area contributed by atoms with Crippen molar-refractivity contribution < 1.29 is 27.9 Å². The van der Waals surface area contributed by atoms with Crippen LogP contribution in [0, 0.1) is 0 Å². The Kier molecular flexibility index (Phi) is 5.84. The highest BCUT2D eigenvalue weighted by Crippen LogP contribution is 2.26. The number of rotatable bonds is 6. The Morgan fingerprint density at radius 1 is 1.36 bits per heavy atom. The number of sulfone groups is 1. The molecule has 1 N–H and O–H groups in total. The number of hydrogen-bond donors (Lipinski definition) is 1. The maximum Gasteiger partial charge on any atom is 0.305 e. The van der Waals surface area contributed by atoms with Gasteiger partial charge in [0.2, 0.25) is 0 Å². The third-order valence-corrected chi connectivity index (χ3v) is 5.65. The summed E-state index contributed by atoms with van der Waals surface area (Å²) in [6.45, 7) is 2.13. The van der Waals surface area contributed by atoms with Gasteiger partial charge in [0.25, 0.3) is 5.91 Å². The van der Waals surface area contributed by atoms with Gasteiger partial charge in [-0.1, -0.05) is 13.0 Å². The molecule has 1 aromatic carbocycles. The molecule has 25 heavy (non-hydrogen) atoms. The number of carbonyl (C=O) groups is 2. The number of hydrogen-bond acceptors (Lipinski definition) is 5. The summed E-state index contributed by atoms with van der Waals surface area (Å²) < 4.78 is 29.3. The minimum absolute atomic E-state index is 0.137. The van der Waals surface area contributed by atoms with E-state index in [1.54, 1.807) is 12.1 Å². The smallest absolute Gasteiger partial charge is 0.305 e. The van der Waals surface area contributed by atoms with Crippen LogP contribution in [-0.2, 0) is 25.8 Å². The molecule has 0 aromatic heterocycles. The summed E-state index contributed by atoms with van der Waals surface area (Å²) >= 11 is 0. The van der Waals surface area contributed by atoms with Crippen LogP contribution >= 0.6 is 0 Å². The van der Waals surface area contributed by atoms with Crippen molar-refractivity contribution in [1.82, 2.24) is 4.90 Å². The lowest BCUT2D eigenvalue weighted by atomic mass is 10.1. The van der Waals surface area contributed by atoms with Crippen LogP contribution in [0.15, 0.2) is 23.1 Å². The zero-order valence-electron chi connectivity index (χ0n) is 14.6. The third-order valence-electron chi connectivity index (χ3n) is 4.47. The van der Waals surface area contributed by atoms with Crippen LogP contribution in [0.1, 0.15) is 35.7 Å². The van der Waals surface area contributed by atoms with Crippen molar-refractivity contribution in [2.45, 2.75) is 43.2 Å². The fourth-order valence-corrected chi connectivity index (χ4v) is 4.21. The van der Waals surface area contributed by atoms with E-state index < -0.39 is 21.8 Å². The number of nitrogens with zero attached hydrogens (tertiary/aromatic N) is 1. The van der Waals surface area contributed by atoms with Crippen molar-refractivity contribution in [3.63, 3.8) is 0 Å². The minimum Gasteiger partial charge on any atom is -0.481 e. The van der Waals surface area contributed by atoms with Gasteiger partial charge >= 0.3 is 5.97 Å². The van der Waals surface area contributed by atoms with Crippen LogP contribution < -0.4 is 0 Å². The topological polar surface area (TPSA) is 101 Å². The van der Waals surface area contributed by atoms with Gasteiger partial charge in [0, 0.05) is 31.5 Å². The van der Waals surface area contributed by atoms with Gasteiger partial charge in [-0.05, 0) is 30.5 Å². The molecule has 1 aliphatic rings. The van der Waals surface area contributed by atoms with Crippen molar-refractivity contribution in [1.29, 1.82) is 0 Å². The van der Waals surface area contributed by atoms with E-state index in [-0.39, 0.29) is 35.4 Å². The predicted molar refractivity (Wildman–Crippen MR) is 91.4 cm³/mol. The molecule has 1 fully saturated rings. The molecule has 2 rings (SSSR count). The average molecular weight is 369 g/mol. The summed E-state index contributed by atoms with van der Waals surface area (Å²) in [4.78, 5) is 25.5. The van der Waals surface area contributed by atoms with Gasteiger partial charge in [-0.2, -0.15) is 0 Å². The van der Waals surface area contributed by atoms with Crippen molar-refractivity contribution in [3.8, 4) is 0 Å². The van der Waals surface area contributed by atoms with E-state index in [0.29, 0.717) is 18.4 Å². The zero-order chi connectivity index (χ0) is 18.8. The Balaban J connectivity index is 2.37. The molecule has 0 aliphatic carbocycles. The molecule has 0 radical (unpaired) electrons. The monoisotopic (exact) mass is 369 g/mol. The molecular weight excluding hydrogens is 346 g/mol. The first-order valence-electron chi connectivity index (χ1n) is 8.05. The maximum absolute atomic E-state index is 12.9. The summed E-state index contributed by atoms with van der Waals surface area (Å²) in [7, 11) is -1.94. The van der Waals surface area contributed by atoms with Gasteiger partial charge in [0.15, 0.2) is 9.84 Å². The van der Waals surface area contributed by atoms with E-state index in [9.17, 15) is 18.0 Å². The van der Waals surface area contributed by atoms with Crippen molar-refractivity contribution in [3.05, 3.63) is 29.3 Å². The fourth-order valence-electron chi connectivity index (χ4n) is 3.18. The van der Waals surface area contributed by atoms with Gasteiger partial charge in [-0.15, -0.1) is 0 Å². The van der Waals surface area contributed by atoms with E-state index in [4.69, 9.17) is 9.84 Å². The number of methoxy groups -OCH3 is 1. The Morgan fingerprint density at radius 2 is 2.04 bits per heavy atom. The molecule has 0 bridgehead atoms. The molecule has 1 saturated heterocycles. The average Bonchev–Trinajstić information content (AvgIpc) is 2.94. The number of amides is 1. The van der Waals surface area contributed by atoms with Crippen LogP contribution in [0.25, 0.3) is 0 Å². The Hall–Kier alpha value is -1.93. The van der Waals surface area contributed by atoms with Crippen LogP contribution in [0.4, 0.5) is 0 Å². The Morgan fingerprint density at radius 3 is 2.56 bits per heavy atom. The lowest BCUT2D eigenvalue weighted by Crippen LogP contribution is -2.37. The van der Waals surface area contributed by atoms with E-state index in [2.05, 4.69) is 0 Å². The number of carbonyl (C=O) groups excluding carboxylic acids is 1. The molecule has 2 atom stereocenters. The molecule has 8 heteroatoms. The number of likely N-dealkylation sites (tertiary alicyclic amines) is 1. The normalized spacial score (nSPS) is 20.7. The van der Waals surface area contributed by atoms with Crippen molar-refractivity contribution >= 4 is 21.7 Å². The highest BCUT2D eigenvalue weighted by molar-refractivity contribution is 7.90. The van der Waals surface area contributed by atoms with Gasteiger partial charge in [-0.3, -0.25) is 9.59 Å². The quantitative estimate of drug-likeness (QED) is 0.812. The molecule has 1 aromatic rings. The predicted octanol–water partition coefficient (Wildman–Crippen LogP) is 1.36. The van der Waals surface area contributed by atoms with E-state index in [0.717, 1.165) is 6.26 Å². The summed E-state index contributed by atoms with van der Waals surface area (Å²) in [5.41, 5.74) is 0.891. The standard InChI is InChI=1S/C17H23NO6S/c1-4-11-5-6-12(7-15(11)25(3,22)23)17(21)18-10-14(24-2)8-13(18)9-16(19)20/h5-7,13-14H,4,8-10H2,1-3H3,(H,19,20). The molecule has 2 unspecified atom stereocenters. The SMILES string of the molecule is CCc1ccc(C(=O)N2CC(OC)CC2CC(=O)O)cc1S(C)(=O)=O. The van der Waals surface area contributed by atoms with Crippen LogP contribution in [0.3, 0.4) is 0 Å². The molecule has 7 nitrogen and oxygen atoms in total. The van der Waals surface area contributed by atoms with Gasteiger partial charge in [0.05, 0.1) is 17.4 Å². The second kappa shape index (κ2) is 7.53. The van der Waals surface area contributed by atoms with E-state index in [1.807, 2.05) is 6.92 Å². The number of carboxylic acids is 1. The molecule has 0 spiro atoms. The van der Waals surface area contributed by atoms with Gasteiger partial charge in [-0.25, -0.2) is 8.42 Å². The minimum atomic E-state index is -3.46. The Labute approximate surface area is 147 Å². The maximum atomic E-state index is 12.9. The summed E-state index contributed by atoms with van der Waals surface area (Å²) in [6, 6.07) is 4.14. The number of benzene rings is 1. The van der Waals surface area contributed by atoms with Gasteiger partial charge < -0.3 is 14.7 Å².